The molecule has 1 aromatic carbocycles. The Morgan fingerprint density at radius 1 is 1.30 bits per heavy atom. The number of hydrogen-bond acceptors (Lipinski definition) is 4. The van der Waals surface area contributed by atoms with Gasteiger partial charge in [-0.05, 0) is 37.8 Å². The van der Waals surface area contributed by atoms with Crippen molar-refractivity contribution in [2.45, 2.75) is 31.3 Å². The summed E-state index contributed by atoms with van der Waals surface area (Å²) in [6.45, 7) is 1.17. The Hall–Kier alpha value is -2.14. The number of rotatable bonds is 2. The highest BCUT2D eigenvalue weighted by Crippen LogP contribution is 2.45. The molecule has 1 aliphatic heterocycles. The van der Waals surface area contributed by atoms with Gasteiger partial charge < -0.3 is 14.4 Å². The van der Waals surface area contributed by atoms with E-state index in [1.807, 2.05) is 0 Å². The van der Waals surface area contributed by atoms with Crippen LogP contribution < -0.4 is 5.43 Å². The summed E-state index contributed by atoms with van der Waals surface area (Å²) in [5.41, 5.74) is -0.356. The number of benzene rings is 1. The maximum Gasteiger partial charge on any atom is 0.289 e. The molecule has 1 unspecified atom stereocenters. The average molecular weight is 313 g/mol. The van der Waals surface area contributed by atoms with Crippen LogP contribution in [-0.4, -0.2) is 34.6 Å². The van der Waals surface area contributed by atoms with Crippen molar-refractivity contribution in [3.8, 4) is 0 Å². The Bertz CT molecular complexity index is 821. The molecule has 1 aromatic heterocycles. The molecule has 1 aliphatic carbocycles. The first-order valence-electron chi connectivity index (χ1n) is 8.11. The molecule has 23 heavy (non-hydrogen) atoms. The lowest BCUT2D eigenvalue weighted by Gasteiger charge is -2.35. The quantitative estimate of drug-likeness (QED) is 0.922. The van der Waals surface area contributed by atoms with E-state index in [1.54, 1.807) is 29.2 Å². The van der Waals surface area contributed by atoms with Gasteiger partial charge in [-0.2, -0.15) is 0 Å². The van der Waals surface area contributed by atoms with Crippen molar-refractivity contribution in [2.75, 3.05) is 13.1 Å². The zero-order valence-corrected chi connectivity index (χ0v) is 12.8. The smallest absolute Gasteiger partial charge is 0.289 e. The molecule has 4 rings (SSSR count). The van der Waals surface area contributed by atoms with Gasteiger partial charge in [-0.25, -0.2) is 0 Å². The van der Waals surface area contributed by atoms with Gasteiger partial charge >= 0.3 is 0 Å². The molecule has 1 saturated heterocycles. The van der Waals surface area contributed by atoms with Crippen LogP contribution >= 0.6 is 0 Å². The predicted octanol–water partition coefficient (Wildman–Crippen LogP) is 2.17. The van der Waals surface area contributed by atoms with Crippen LogP contribution in [0.3, 0.4) is 0 Å². The van der Waals surface area contributed by atoms with E-state index in [0.717, 1.165) is 25.7 Å². The first-order chi connectivity index (χ1) is 11.1. The highest BCUT2D eigenvalue weighted by molar-refractivity contribution is 5.93. The van der Waals surface area contributed by atoms with E-state index in [2.05, 4.69) is 0 Å². The van der Waals surface area contributed by atoms with E-state index in [4.69, 9.17) is 4.42 Å². The van der Waals surface area contributed by atoms with Gasteiger partial charge in [-0.1, -0.05) is 12.1 Å². The van der Waals surface area contributed by atoms with Gasteiger partial charge in [0.1, 0.15) is 5.58 Å². The summed E-state index contributed by atoms with van der Waals surface area (Å²) in [7, 11) is 0. The van der Waals surface area contributed by atoms with Crippen LogP contribution in [0.1, 0.15) is 36.2 Å². The summed E-state index contributed by atoms with van der Waals surface area (Å²) in [6, 6.07) is 8.21. The first kappa shape index (κ1) is 14.5. The van der Waals surface area contributed by atoms with Crippen LogP contribution in [0.2, 0.25) is 0 Å². The van der Waals surface area contributed by atoms with Crippen LogP contribution in [0.5, 0.6) is 0 Å². The molecule has 5 heteroatoms. The maximum absolute atomic E-state index is 12.7. The van der Waals surface area contributed by atoms with E-state index < -0.39 is 5.60 Å². The summed E-state index contributed by atoms with van der Waals surface area (Å²) in [6.07, 6.45) is 3.47. The molecule has 1 atom stereocenters. The lowest BCUT2D eigenvalue weighted by molar-refractivity contribution is 0.0267. The fourth-order valence-corrected chi connectivity index (χ4v) is 3.50. The molecule has 1 amide bonds. The molecule has 2 aromatic rings. The summed E-state index contributed by atoms with van der Waals surface area (Å²) >= 11 is 0. The lowest BCUT2D eigenvalue weighted by Crippen LogP contribution is -2.44. The zero-order chi connectivity index (χ0) is 16.0. The van der Waals surface area contributed by atoms with E-state index in [-0.39, 0.29) is 23.0 Å². The van der Waals surface area contributed by atoms with Crippen LogP contribution in [0.25, 0.3) is 11.0 Å². The van der Waals surface area contributed by atoms with Crippen molar-refractivity contribution < 1.29 is 14.3 Å². The molecular formula is C18H19NO4. The Labute approximate surface area is 133 Å². The monoisotopic (exact) mass is 313 g/mol. The summed E-state index contributed by atoms with van der Waals surface area (Å²) in [5.74, 6) is -0.0497. The van der Waals surface area contributed by atoms with Gasteiger partial charge in [0.05, 0.1) is 11.0 Å². The molecule has 2 fully saturated rings. The third kappa shape index (κ3) is 2.55. The van der Waals surface area contributed by atoms with Crippen LogP contribution in [0.4, 0.5) is 0 Å². The number of amides is 1. The number of carbonyl (C=O) groups is 1. The number of nitrogens with zero attached hydrogens (tertiary/aromatic N) is 1. The highest BCUT2D eigenvalue weighted by atomic mass is 16.3. The second-order valence-corrected chi connectivity index (χ2v) is 6.66. The topological polar surface area (TPSA) is 70.8 Å². The van der Waals surface area contributed by atoms with E-state index in [1.165, 1.54) is 6.07 Å². The van der Waals surface area contributed by atoms with E-state index in [9.17, 15) is 14.7 Å². The van der Waals surface area contributed by atoms with E-state index in [0.29, 0.717) is 24.1 Å². The fraction of sp³-hybridized carbons (Fsp3) is 0.444. The standard InChI is InChI=1S/C18H19NO4/c20-14-10-16(23-15-6-2-1-5-13(14)15)17(21)19-9-3-4-12(11-19)18(22)7-8-18/h1-2,5-6,10,12,22H,3-4,7-9,11H2. The number of aliphatic hydroxyl groups is 1. The second-order valence-electron chi connectivity index (χ2n) is 6.66. The second kappa shape index (κ2) is 5.20. The summed E-state index contributed by atoms with van der Waals surface area (Å²) < 4.78 is 5.64. The molecule has 2 aliphatic rings. The Balaban J connectivity index is 1.62. The molecule has 120 valence electrons. The molecule has 2 heterocycles. The van der Waals surface area contributed by atoms with Gasteiger partial charge in [0.15, 0.2) is 11.2 Å². The maximum atomic E-state index is 12.7. The minimum Gasteiger partial charge on any atom is -0.451 e. The number of para-hydroxylation sites is 1. The molecule has 0 bridgehead atoms. The SMILES string of the molecule is O=C(c1cc(=O)c2ccccc2o1)N1CCCC(C2(O)CC2)C1. The van der Waals surface area contributed by atoms with E-state index >= 15 is 0 Å². The Kier molecular flexibility index (Phi) is 3.27. The van der Waals surface area contributed by atoms with Gasteiger partial charge in [0.2, 0.25) is 0 Å². The van der Waals surface area contributed by atoms with Crippen molar-refractivity contribution >= 4 is 16.9 Å². The van der Waals surface area contributed by atoms with Crippen molar-refractivity contribution in [3.05, 3.63) is 46.3 Å². The number of fused-ring (bicyclic) bond motifs is 1. The van der Waals surface area contributed by atoms with Crippen molar-refractivity contribution in [1.82, 2.24) is 4.90 Å². The number of hydrogen-bond donors (Lipinski definition) is 1. The minimum absolute atomic E-state index is 0.0807. The third-order valence-corrected chi connectivity index (χ3v) is 5.08. The van der Waals surface area contributed by atoms with Crippen LogP contribution in [0.15, 0.2) is 39.5 Å². The molecular weight excluding hydrogens is 294 g/mol. The van der Waals surface area contributed by atoms with Crippen molar-refractivity contribution in [1.29, 1.82) is 0 Å². The number of likely N-dealkylation sites (tertiary alicyclic amines) is 1. The molecule has 0 radical (unpaired) electrons. The summed E-state index contributed by atoms with van der Waals surface area (Å²) in [5, 5.41) is 10.8. The zero-order valence-electron chi connectivity index (χ0n) is 12.8. The highest BCUT2D eigenvalue weighted by Gasteiger charge is 2.49. The van der Waals surface area contributed by atoms with Gasteiger partial charge in [-0.3, -0.25) is 9.59 Å². The minimum atomic E-state index is -0.580. The van der Waals surface area contributed by atoms with Crippen molar-refractivity contribution in [3.63, 3.8) is 0 Å². The van der Waals surface area contributed by atoms with Crippen LogP contribution in [0, 0.1) is 5.92 Å². The summed E-state index contributed by atoms with van der Waals surface area (Å²) in [4.78, 5) is 26.6. The third-order valence-electron chi connectivity index (χ3n) is 5.08. The molecule has 0 spiro atoms. The molecule has 5 nitrogen and oxygen atoms in total. The van der Waals surface area contributed by atoms with Gasteiger partial charge in [0.25, 0.3) is 5.91 Å². The number of piperidine rings is 1. The fourth-order valence-electron chi connectivity index (χ4n) is 3.50. The van der Waals surface area contributed by atoms with Gasteiger partial charge in [-0.15, -0.1) is 0 Å². The normalized spacial score (nSPS) is 23.0. The van der Waals surface area contributed by atoms with Gasteiger partial charge in [0, 0.05) is 25.1 Å². The average Bonchev–Trinajstić information content (AvgIpc) is 3.33. The molecule has 1 saturated carbocycles. The largest absolute Gasteiger partial charge is 0.451 e. The Morgan fingerprint density at radius 2 is 2.09 bits per heavy atom. The lowest BCUT2D eigenvalue weighted by atomic mass is 9.90. The first-order valence-corrected chi connectivity index (χ1v) is 8.11. The van der Waals surface area contributed by atoms with Crippen molar-refractivity contribution in [2.24, 2.45) is 5.92 Å². The number of carbonyl (C=O) groups excluding carboxylic acids is 1. The van der Waals surface area contributed by atoms with Crippen LogP contribution in [-0.2, 0) is 0 Å². The predicted molar refractivity (Wildman–Crippen MR) is 85.3 cm³/mol. The molecule has 1 N–H and O–H groups in total. The Morgan fingerprint density at radius 3 is 2.87 bits per heavy atom.